The number of pyridine rings is 1. The summed E-state index contributed by atoms with van der Waals surface area (Å²) in [6.07, 6.45) is -0.334. The fourth-order valence-corrected chi connectivity index (χ4v) is 1.28. The smallest absolute Gasteiger partial charge is 0.331 e. The third kappa shape index (κ3) is 4.16. The highest BCUT2D eigenvalue weighted by molar-refractivity contribution is 6.29. The average Bonchev–Trinajstić information content (AvgIpc) is 2.26. The molecule has 1 rings (SSSR count). The minimum atomic E-state index is -0.563. The van der Waals surface area contributed by atoms with Gasteiger partial charge < -0.3 is 9.47 Å². The highest BCUT2D eigenvalue weighted by Crippen LogP contribution is 2.26. The van der Waals surface area contributed by atoms with Crippen LogP contribution in [0, 0.1) is 10.1 Å². The Morgan fingerprint density at radius 3 is 2.88 bits per heavy atom. The number of rotatable bonds is 6. The van der Waals surface area contributed by atoms with E-state index in [0.29, 0.717) is 13.2 Å². The van der Waals surface area contributed by atoms with Crippen molar-refractivity contribution in [3.05, 3.63) is 27.4 Å². The third-order valence-corrected chi connectivity index (χ3v) is 2.08. The first kappa shape index (κ1) is 13.7. The summed E-state index contributed by atoms with van der Waals surface area (Å²) in [5.41, 5.74) is -0.210. The monoisotopic (exact) mass is 260 g/mol. The maximum absolute atomic E-state index is 10.7. The van der Waals surface area contributed by atoms with E-state index in [1.165, 1.54) is 12.1 Å². The van der Waals surface area contributed by atoms with Crippen LogP contribution < -0.4 is 4.74 Å². The number of nitro groups is 1. The van der Waals surface area contributed by atoms with Gasteiger partial charge in [0, 0.05) is 12.7 Å². The van der Waals surface area contributed by atoms with Gasteiger partial charge in [0.25, 0.3) is 5.88 Å². The van der Waals surface area contributed by atoms with E-state index in [-0.39, 0.29) is 22.8 Å². The zero-order valence-electron chi connectivity index (χ0n) is 9.55. The molecule has 7 heteroatoms. The quantitative estimate of drug-likeness (QED) is 0.446. The van der Waals surface area contributed by atoms with Crippen molar-refractivity contribution in [1.29, 1.82) is 0 Å². The Bertz CT molecular complexity index is 400. The third-order valence-electron chi connectivity index (χ3n) is 1.87. The lowest BCUT2D eigenvalue weighted by Gasteiger charge is -2.13. The summed E-state index contributed by atoms with van der Waals surface area (Å²) in [5, 5.41) is 10.9. The normalized spacial score (nSPS) is 12.2. The molecule has 1 heterocycles. The van der Waals surface area contributed by atoms with Crippen LogP contribution in [0.2, 0.25) is 5.15 Å². The number of hydrogen-bond donors (Lipinski definition) is 0. The van der Waals surface area contributed by atoms with Gasteiger partial charge in [-0.25, -0.2) is 0 Å². The van der Waals surface area contributed by atoms with Crippen molar-refractivity contribution in [3.63, 3.8) is 0 Å². The second-order valence-electron chi connectivity index (χ2n) is 3.30. The molecule has 94 valence electrons. The number of aromatic nitrogens is 1. The summed E-state index contributed by atoms with van der Waals surface area (Å²) in [5.74, 6) is -0.0882. The van der Waals surface area contributed by atoms with E-state index >= 15 is 0 Å². The Morgan fingerprint density at radius 2 is 2.29 bits per heavy atom. The van der Waals surface area contributed by atoms with Crippen LogP contribution in [-0.2, 0) is 4.74 Å². The number of nitrogens with zero attached hydrogens (tertiary/aromatic N) is 2. The predicted octanol–water partition coefficient (Wildman–Crippen LogP) is 2.45. The van der Waals surface area contributed by atoms with E-state index in [2.05, 4.69) is 4.98 Å². The molecule has 0 fully saturated rings. The Kier molecular flexibility index (Phi) is 5.11. The van der Waals surface area contributed by atoms with Crippen LogP contribution >= 0.6 is 11.6 Å². The molecule has 0 aliphatic carbocycles. The van der Waals surface area contributed by atoms with Crippen molar-refractivity contribution in [2.45, 2.75) is 20.0 Å². The minimum Gasteiger partial charge on any atom is -0.467 e. The van der Waals surface area contributed by atoms with E-state index in [1.807, 2.05) is 6.92 Å². The number of hydrogen-bond acceptors (Lipinski definition) is 5. The molecule has 0 aliphatic rings. The molecule has 6 nitrogen and oxygen atoms in total. The standard InChI is InChI=1S/C10H13ClN2O4/c1-3-16-6-7(2)17-10-8(13(14)15)4-5-9(11)12-10/h4-5,7H,3,6H2,1-2H3. The zero-order chi connectivity index (χ0) is 12.8. The molecule has 0 spiro atoms. The van der Waals surface area contributed by atoms with Crippen molar-refractivity contribution >= 4 is 17.3 Å². The predicted molar refractivity (Wildman–Crippen MR) is 62.5 cm³/mol. The lowest BCUT2D eigenvalue weighted by atomic mass is 10.4. The summed E-state index contributed by atoms with van der Waals surface area (Å²) in [6, 6.07) is 2.61. The molecule has 0 bridgehead atoms. The van der Waals surface area contributed by atoms with E-state index in [0.717, 1.165) is 0 Å². The first-order valence-corrected chi connectivity index (χ1v) is 5.47. The van der Waals surface area contributed by atoms with Crippen LogP contribution in [0.5, 0.6) is 5.88 Å². The van der Waals surface area contributed by atoms with Gasteiger partial charge in [-0.15, -0.1) is 0 Å². The largest absolute Gasteiger partial charge is 0.467 e. The van der Waals surface area contributed by atoms with Crippen LogP contribution in [-0.4, -0.2) is 29.2 Å². The van der Waals surface area contributed by atoms with Gasteiger partial charge in [-0.05, 0) is 19.9 Å². The Balaban J connectivity index is 2.81. The van der Waals surface area contributed by atoms with Crippen LogP contribution in [0.3, 0.4) is 0 Å². The zero-order valence-corrected chi connectivity index (χ0v) is 10.3. The fraction of sp³-hybridized carbons (Fsp3) is 0.500. The molecule has 0 amide bonds. The van der Waals surface area contributed by atoms with Gasteiger partial charge in [0.05, 0.1) is 11.5 Å². The van der Waals surface area contributed by atoms with E-state index in [4.69, 9.17) is 21.1 Å². The summed E-state index contributed by atoms with van der Waals surface area (Å²) < 4.78 is 10.5. The Morgan fingerprint density at radius 1 is 1.59 bits per heavy atom. The summed E-state index contributed by atoms with van der Waals surface area (Å²) in [6.45, 7) is 4.48. The first-order chi connectivity index (χ1) is 8.04. The van der Waals surface area contributed by atoms with Crippen molar-refractivity contribution < 1.29 is 14.4 Å². The topological polar surface area (TPSA) is 74.5 Å². The van der Waals surface area contributed by atoms with Crippen molar-refractivity contribution in [1.82, 2.24) is 4.98 Å². The molecular formula is C10H13ClN2O4. The molecule has 17 heavy (non-hydrogen) atoms. The molecule has 0 N–H and O–H groups in total. The van der Waals surface area contributed by atoms with Crippen molar-refractivity contribution in [3.8, 4) is 5.88 Å². The highest BCUT2D eigenvalue weighted by Gasteiger charge is 2.19. The lowest BCUT2D eigenvalue weighted by molar-refractivity contribution is -0.386. The molecule has 1 aromatic rings. The van der Waals surface area contributed by atoms with Gasteiger partial charge >= 0.3 is 5.69 Å². The van der Waals surface area contributed by atoms with Crippen molar-refractivity contribution in [2.75, 3.05) is 13.2 Å². The average molecular weight is 261 g/mol. The van der Waals surface area contributed by atoms with E-state index < -0.39 is 4.92 Å². The van der Waals surface area contributed by atoms with Gasteiger partial charge in [0.1, 0.15) is 11.3 Å². The maximum atomic E-state index is 10.7. The molecule has 1 unspecified atom stereocenters. The summed E-state index contributed by atoms with van der Waals surface area (Å²) in [4.78, 5) is 14.0. The molecule has 0 aromatic carbocycles. The van der Waals surface area contributed by atoms with E-state index in [1.54, 1.807) is 6.92 Å². The van der Waals surface area contributed by atoms with E-state index in [9.17, 15) is 10.1 Å². The van der Waals surface area contributed by atoms with Gasteiger partial charge in [-0.2, -0.15) is 4.98 Å². The van der Waals surface area contributed by atoms with Crippen LogP contribution in [0.1, 0.15) is 13.8 Å². The maximum Gasteiger partial charge on any atom is 0.331 e. The molecule has 0 saturated heterocycles. The Hall–Kier alpha value is -1.40. The number of halogens is 1. The van der Waals surface area contributed by atoms with Gasteiger partial charge in [-0.1, -0.05) is 11.6 Å². The lowest BCUT2D eigenvalue weighted by Crippen LogP contribution is -2.20. The van der Waals surface area contributed by atoms with Crippen LogP contribution in [0.4, 0.5) is 5.69 Å². The molecule has 0 saturated carbocycles. The molecule has 0 radical (unpaired) electrons. The Labute approximate surface area is 104 Å². The molecule has 0 aliphatic heterocycles. The fourth-order valence-electron chi connectivity index (χ4n) is 1.14. The minimum absolute atomic E-state index is 0.0882. The van der Waals surface area contributed by atoms with Crippen molar-refractivity contribution in [2.24, 2.45) is 0 Å². The molecule has 1 aromatic heterocycles. The summed E-state index contributed by atoms with van der Waals surface area (Å²) in [7, 11) is 0. The van der Waals surface area contributed by atoms with Gasteiger partial charge in [0.15, 0.2) is 0 Å². The highest BCUT2D eigenvalue weighted by atomic mass is 35.5. The SMILES string of the molecule is CCOCC(C)Oc1nc(Cl)ccc1[N+](=O)[O-]. The second kappa shape index (κ2) is 6.36. The number of ether oxygens (including phenoxy) is 2. The second-order valence-corrected chi connectivity index (χ2v) is 3.69. The first-order valence-electron chi connectivity index (χ1n) is 5.10. The van der Waals surface area contributed by atoms with Gasteiger partial charge in [0.2, 0.25) is 0 Å². The molecular weight excluding hydrogens is 248 g/mol. The van der Waals surface area contributed by atoms with Crippen LogP contribution in [0.25, 0.3) is 0 Å². The van der Waals surface area contributed by atoms with Crippen LogP contribution in [0.15, 0.2) is 12.1 Å². The molecule has 1 atom stereocenters. The summed E-state index contributed by atoms with van der Waals surface area (Å²) >= 11 is 5.66. The van der Waals surface area contributed by atoms with Gasteiger partial charge in [-0.3, -0.25) is 10.1 Å².